The van der Waals surface area contributed by atoms with Crippen molar-refractivity contribution in [2.45, 2.75) is 25.9 Å². The van der Waals surface area contributed by atoms with Gasteiger partial charge in [-0.25, -0.2) is 4.39 Å². The van der Waals surface area contributed by atoms with Crippen LogP contribution < -0.4 is 4.74 Å². The first-order valence-corrected chi connectivity index (χ1v) is 8.40. The van der Waals surface area contributed by atoms with Gasteiger partial charge in [0.1, 0.15) is 23.2 Å². The number of hydrogen-bond acceptors (Lipinski definition) is 2. The first-order valence-electron chi connectivity index (χ1n) is 7.99. The number of likely N-dealkylation sites (tertiary alicyclic amines) is 1. The highest BCUT2D eigenvalue weighted by Gasteiger charge is 2.17. The number of ether oxygens (including phenoxy) is 1. The molecule has 1 aliphatic rings. The first kappa shape index (κ1) is 15.9. The second kappa shape index (κ2) is 7.55. The second-order valence-electron chi connectivity index (χ2n) is 5.76. The van der Waals surface area contributed by atoms with Crippen LogP contribution in [-0.2, 0) is 6.61 Å². The Morgan fingerprint density at radius 1 is 1.00 bits per heavy atom. The van der Waals surface area contributed by atoms with Crippen molar-refractivity contribution < 1.29 is 9.13 Å². The number of thiocarbonyl (C=S) groups is 1. The molecule has 2 nitrogen and oxygen atoms in total. The molecule has 3 rings (SSSR count). The number of halogens is 1. The summed E-state index contributed by atoms with van der Waals surface area (Å²) in [5.74, 6) is 0.549. The molecule has 2 aromatic carbocycles. The zero-order valence-electron chi connectivity index (χ0n) is 13.0. The fraction of sp³-hybridized carbons (Fsp3) is 0.316. The molecule has 1 aliphatic heterocycles. The molecule has 0 bridgehead atoms. The SMILES string of the molecule is Fc1ccc(COc2ccccc2C(=S)N2CCCCC2)cc1. The van der Waals surface area contributed by atoms with Crippen molar-refractivity contribution in [3.05, 3.63) is 65.5 Å². The molecule has 0 N–H and O–H groups in total. The van der Waals surface area contributed by atoms with E-state index in [0.717, 1.165) is 35.0 Å². The fourth-order valence-corrected chi connectivity index (χ4v) is 3.13. The number of hydrogen-bond donors (Lipinski definition) is 0. The van der Waals surface area contributed by atoms with Crippen LogP contribution in [0.5, 0.6) is 5.75 Å². The van der Waals surface area contributed by atoms with E-state index in [2.05, 4.69) is 4.90 Å². The zero-order valence-corrected chi connectivity index (χ0v) is 13.8. The molecule has 0 unspecified atom stereocenters. The van der Waals surface area contributed by atoms with Crippen molar-refractivity contribution in [2.24, 2.45) is 0 Å². The van der Waals surface area contributed by atoms with Crippen LogP contribution in [0.1, 0.15) is 30.4 Å². The summed E-state index contributed by atoms with van der Waals surface area (Å²) >= 11 is 5.67. The Hall–Kier alpha value is -1.94. The van der Waals surface area contributed by atoms with Gasteiger partial charge in [-0.05, 0) is 49.1 Å². The summed E-state index contributed by atoms with van der Waals surface area (Å²) in [4.78, 5) is 3.12. The Labute approximate surface area is 141 Å². The minimum absolute atomic E-state index is 0.236. The minimum atomic E-state index is -0.236. The monoisotopic (exact) mass is 329 g/mol. The van der Waals surface area contributed by atoms with E-state index in [1.165, 1.54) is 31.4 Å². The smallest absolute Gasteiger partial charge is 0.130 e. The molecule has 120 valence electrons. The van der Waals surface area contributed by atoms with Gasteiger partial charge in [0.05, 0.1) is 5.56 Å². The van der Waals surface area contributed by atoms with Crippen molar-refractivity contribution in [2.75, 3.05) is 13.1 Å². The lowest BCUT2D eigenvalue weighted by Crippen LogP contribution is -2.35. The normalized spacial score (nSPS) is 14.6. The maximum Gasteiger partial charge on any atom is 0.130 e. The van der Waals surface area contributed by atoms with E-state index in [1.54, 1.807) is 12.1 Å². The highest BCUT2D eigenvalue weighted by molar-refractivity contribution is 7.80. The highest BCUT2D eigenvalue weighted by Crippen LogP contribution is 2.23. The molecule has 1 saturated heterocycles. The van der Waals surface area contributed by atoms with Gasteiger partial charge < -0.3 is 9.64 Å². The second-order valence-corrected chi connectivity index (χ2v) is 6.15. The van der Waals surface area contributed by atoms with Crippen LogP contribution in [0.15, 0.2) is 48.5 Å². The lowest BCUT2D eigenvalue weighted by atomic mass is 10.1. The van der Waals surface area contributed by atoms with Gasteiger partial charge in [-0.3, -0.25) is 0 Å². The van der Waals surface area contributed by atoms with Gasteiger partial charge in [0.2, 0.25) is 0 Å². The van der Waals surface area contributed by atoms with Crippen LogP contribution in [0.3, 0.4) is 0 Å². The third-order valence-corrected chi connectivity index (χ3v) is 4.55. The molecule has 0 atom stereocenters. The van der Waals surface area contributed by atoms with Crippen molar-refractivity contribution in [1.82, 2.24) is 4.90 Å². The molecular formula is C19H20FNOS. The number of piperidine rings is 1. The van der Waals surface area contributed by atoms with Gasteiger partial charge >= 0.3 is 0 Å². The van der Waals surface area contributed by atoms with Crippen LogP contribution in [0, 0.1) is 5.82 Å². The molecular weight excluding hydrogens is 309 g/mol. The van der Waals surface area contributed by atoms with E-state index in [4.69, 9.17) is 17.0 Å². The maximum atomic E-state index is 13.0. The summed E-state index contributed by atoms with van der Waals surface area (Å²) in [5, 5.41) is 0. The van der Waals surface area contributed by atoms with Crippen molar-refractivity contribution in [3.63, 3.8) is 0 Å². The summed E-state index contributed by atoms with van der Waals surface area (Å²) in [6.45, 7) is 2.44. The standard InChI is InChI=1S/C19H20FNOS/c20-16-10-8-15(9-11-16)14-22-18-7-3-2-6-17(18)19(23)21-12-4-1-5-13-21/h2-3,6-11H,1,4-5,12-14H2. The van der Waals surface area contributed by atoms with Crippen LogP contribution in [-0.4, -0.2) is 23.0 Å². The van der Waals surface area contributed by atoms with Crippen LogP contribution in [0.4, 0.5) is 4.39 Å². The number of para-hydroxylation sites is 1. The number of benzene rings is 2. The summed E-state index contributed by atoms with van der Waals surface area (Å²) < 4.78 is 18.9. The molecule has 1 fully saturated rings. The first-order chi connectivity index (χ1) is 11.2. The van der Waals surface area contributed by atoms with Crippen molar-refractivity contribution in [1.29, 1.82) is 0 Å². The fourth-order valence-electron chi connectivity index (χ4n) is 2.78. The lowest BCUT2D eigenvalue weighted by molar-refractivity contribution is 0.303. The van der Waals surface area contributed by atoms with E-state index in [1.807, 2.05) is 24.3 Å². The molecule has 0 radical (unpaired) electrons. The lowest BCUT2D eigenvalue weighted by Gasteiger charge is -2.29. The van der Waals surface area contributed by atoms with Gasteiger partial charge in [0, 0.05) is 13.1 Å². The molecule has 23 heavy (non-hydrogen) atoms. The van der Waals surface area contributed by atoms with Gasteiger partial charge in [0.15, 0.2) is 0 Å². The largest absolute Gasteiger partial charge is 0.488 e. The molecule has 4 heteroatoms. The van der Waals surface area contributed by atoms with E-state index in [9.17, 15) is 4.39 Å². The van der Waals surface area contributed by atoms with Gasteiger partial charge in [0.25, 0.3) is 0 Å². The maximum absolute atomic E-state index is 13.0. The van der Waals surface area contributed by atoms with E-state index >= 15 is 0 Å². The minimum Gasteiger partial charge on any atom is -0.488 e. The third kappa shape index (κ3) is 4.08. The number of rotatable bonds is 4. The van der Waals surface area contributed by atoms with E-state index in [0.29, 0.717) is 6.61 Å². The summed E-state index contributed by atoms with van der Waals surface area (Å²) in [5.41, 5.74) is 1.90. The molecule has 2 aromatic rings. The summed E-state index contributed by atoms with van der Waals surface area (Å²) in [7, 11) is 0. The Kier molecular flexibility index (Phi) is 5.23. The van der Waals surface area contributed by atoms with Crippen molar-refractivity contribution in [3.8, 4) is 5.75 Å². The predicted molar refractivity (Wildman–Crippen MR) is 94.3 cm³/mol. The topological polar surface area (TPSA) is 12.5 Å². The summed E-state index contributed by atoms with van der Waals surface area (Å²) in [6, 6.07) is 14.2. The molecule has 0 spiro atoms. The van der Waals surface area contributed by atoms with Gasteiger partial charge in [-0.1, -0.05) is 36.5 Å². The summed E-state index contributed by atoms with van der Waals surface area (Å²) in [6.07, 6.45) is 3.67. The molecule has 0 aliphatic carbocycles. The zero-order chi connectivity index (χ0) is 16.1. The Morgan fingerprint density at radius 2 is 1.70 bits per heavy atom. The van der Waals surface area contributed by atoms with Crippen LogP contribution in [0.2, 0.25) is 0 Å². The highest BCUT2D eigenvalue weighted by atomic mass is 32.1. The molecule has 0 amide bonds. The average Bonchev–Trinajstić information content (AvgIpc) is 2.62. The molecule has 0 saturated carbocycles. The Bertz CT molecular complexity index is 665. The van der Waals surface area contributed by atoms with Gasteiger partial charge in [-0.2, -0.15) is 0 Å². The van der Waals surface area contributed by atoms with Crippen LogP contribution in [0.25, 0.3) is 0 Å². The van der Waals surface area contributed by atoms with E-state index < -0.39 is 0 Å². The number of nitrogens with zero attached hydrogens (tertiary/aromatic N) is 1. The predicted octanol–water partition coefficient (Wildman–Crippen LogP) is 4.57. The van der Waals surface area contributed by atoms with Crippen molar-refractivity contribution >= 4 is 17.2 Å². The Morgan fingerprint density at radius 3 is 2.43 bits per heavy atom. The third-order valence-electron chi connectivity index (χ3n) is 4.07. The molecule has 1 heterocycles. The quantitative estimate of drug-likeness (QED) is 0.763. The van der Waals surface area contributed by atoms with Crippen LogP contribution >= 0.6 is 12.2 Å². The Balaban J connectivity index is 1.72. The van der Waals surface area contributed by atoms with Gasteiger partial charge in [-0.15, -0.1) is 0 Å². The van der Waals surface area contributed by atoms with E-state index in [-0.39, 0.29) is 5.82 Å². The molecule has 0 aromatic heterocycles. The average molecular weight is 329 g/mol.